The molecule has 1 aromatic rings. The maximum Gasteiger partial charge on any atom is 0.0702 e. The van der Waals surface area contributed by atoms with Crippen LogP contribution in [0.3, 0.4) is 0 Å². The van der Waals surface area contributed by atoms with E-state index in [9.17, 15) is 0 Å². The monoisotopic (exact) mass is 203 g/mol. The number of anilines is 1. The van der Waals surface area contributed by atoms with Crippen molar-refractivity contribution in [1.82, 2.24) is 5.01 Å². The van der Waals surface area contributed by atoms with E-state index >= 15 is 0 Å². The molecule has 15 heavy (non-hydrogen) atoms. The van der Waals surface area contributed by atoms with Crippen molar-refractivity contribution in [3.8, 4) is 0 Å². The van der Waals surface area contributed by atoms with Gasteiger partial charge in [-0.15, -0.1) is 0 Å². The number of benzene rings is 1. The van der Waals surface area contributed by atoms with E-state index in [0.717, 1.165) is 23.4 Å². The first-order valence-corrected chi connectivity index (χ1v) is 5.16. The van der Waals surface area contributed by atoms with Crippen molar-refractivity contribution >= 4 is 11.4 Å². The average molecular weight is 203 g/mol. The van der Waals surface area contributed by atoms with Crippen LogP contribution in [0.2, 0.25) is 0 Å². The maximum absolute atomic E-state index is 5.76. The number of hydrazone groups is 1. The Bertz CT molecular complexity index is 407. The van der Waals surface area contributed by atoms with Gasteiger partial charge in [0.1, 0.15) is 0 Å². The molecule has 0 aliphatic carbocycles. The quantitative estimate of drug-likeness (QED) is 0.710. The number of nitrogens with zero attached hydrogens (tertiary/aromatic N) is 2. The van der Waals surface area contributed by atoms with Crippen LogP contribution in [0.5, 0.6) is 0 Å². The molecule has 0 fully saturated rings. The third-order valence-corrected chi connectivity index (χ3v) is 2.97. The molecule has 1 aliphatic heterocycles. The molecule has 80 valence electrons. The van der Waals surface area contributed by atoms with E-state index in [4.69, 9.17) is 5.73 Å². The second kappa shape index (κ2) is 3.26. The molecule has 3 nitrogen and oxygen atoms in total. The molecule has 0 saturated carbocycles. The van der Waals surface area contributed by atoms with Crippen LogP contribution in [0.1, 0.15) is 25.8 Å². The lowest BCUT2D eigenvalue weighted by atomic mass is 9.95. The lowest BCUT2D eigenvalue weighted by Gasteiger charge is -2.26. The third-order valence-electron chi connectivity index (χ3n) is 2.97. The van der Waals surface area contributed by atoms with Gasteiger partial charge in [-0.25, -0.2) is 0 Å². The Balaban J connectivity index is 2.31. The zero-order chi connectivity index (χ0) is 11.1. The Hall–Kier alpha value is -1.51. The number of rotatable bonds is 1. The second-order valence-corrected chi connectivity index (χ2v) is 4.68. The first-order valence-electron chi connectivity index (χ1n) is 5.16. The molecule has 1 aromatic carbocycles. The summed E-state index contributed by atoms with van der Waals surface area (Å²) in [6, 6.07) is 7.91. The molecule has 0 unspecified atom stereocenters. The van der Waals surface area contributed by atoms with Crippen molar-refractivity contribution in [2.75, 3.05) is 12.8 Å². The van der Waals surface area contributed by atoms with E-state index in [1.54, 1.807) is 0 Å². The van der Waals surface area contributed by atoms with Crippen LogP contribution in [-0.4, -0.2) is 23.3 Å². The van der Waals surface area contributed by atoms with Gasteiger partial charge in [-0.05, 0) is 31.5 Å². The van der Waals surface area contributed by atoms with Gasteiger partial charge in [-0.3, -0.25) is 5.01 Å². The smallest absolute Gasteiger partial charge is 0.0702 e. The van der Waals surface area contributed by atoms with Gasteiger partial charge in [0.25, 0.3) is 0 Å². The van der Waals surface area contributed by atoms with E-state index in [1.165, 1.54) is 0 Å². The summed E-state index contributed by atoms with van der Waals surface area (Å²) >= 11 is 0. The molecule has 0 bridgehead atoms. The minimum Gasteiger partial charge on any atom is -0.399 e. The molecule has 0 amide bonds. The minimum absolute atomic E-state index is 0.111. The van der Waals surface area contributed by atoms with Crippen LogP contribution in [0, 0.1) is 0 Å². The molecule has 0 radical (unpaired) electrons. The molecular formula is C12H17N3. The SMILES string of the molecule is CN1N=C(c2cccc(N)c2)CC1(C)C. The third kappa shape index (κ3) is 1.82. The van der Waals surface area contributed by atoms with Crippen LogP contribution in [0.25, 0.3) is 0 Å². The Morgan fingerprint density at radius 3 is 2.67 bits per heavy atom. The van der Waals surface area contributed by atoms with Gasteiger partial charge < -0.3 is 5.73 Å². The molecule has 1 heterocycles. The molecule has 3 heteroatoms. The Morgan fingerprint density at radius 2 is 2.13 bits per heavy atom. The molecule has 0 aromatic heterocycles. The van der Waals surface area contributed by atoms with Gasteiger partial charge in [0.2, 0.25) is 0 Å². The molecule has 2 rings (SSSR count). The fourth-order valence-electron chi connectivity index (χ4n) is 1.75. The minimum atomic E-state index is 0.111. The van der Waals surface area contributed by atoms with Crippen LogP contribution >= 0.6 is 0 Å². The summed E-state index contributed by atoms with van der Waals surface area (Å²) in [4.78, 5) is 0. The van der Waals surface area contributed by atoms with Crippen molar-refractivity contribution in [1.29, 1.82) is 0 Å². The second-order valence-electron chi connectivity index (χ2n) is 4.68. The van der Waals surface area contributed by atoms with E-state index in [-0.39, 0.29) is 5.54 Å². The van der Waals surface area contributed by atoms with Crippen LogP contribution in [0.4, 0.5) is 5.69 Å². The number of nitrogens with two attached hydrogens (primary N) is 1. The zero-order valence-electron chi connectivity index (χ0n) is 9.49. The van der Waals surface area contributed by atoms with Gasteiger partial charge in [0, 0.05) is 19.2 Å². The first-order chi connectivity index (χ1) is 6.99. The van der Waals surface area contributed by atoms with Crippen molar-refractivity contribution in [2.24, 2.45) is 5.10 Å². The van der Waals surface area contributed by atoms with Crippen molar-refractivity contribution in [2.45, 2.75) is 25.8 Å². The normalized spacial score (nSPS) is 19.1. The van der Waals surface area contributed by atoms with Gasteiger partial charge in [-0.2, -0.15) is 5.10 Å². The van der Waals surface area contributed by atoms with Gasteiger partial charge in [0.05, 0.1) is 11.3 Å². The first kappa shape index (κ1) is 10.0. The maximum atomic E-state index is 5.76. The number of hydrogen-bond donors (Lipinski definition) is 1. The van der Waals surface area contributed by atoms with E-state index in [0.29, 0.717) is 0 Å². The highest BCUT2D eigenvalue weighted by Crippen LogP contribution is 2.27. The molecule has 2 N–H and O–H groups in total. The van der Waals surface area contributed by atoms with E-state index < -0.39 is 0 Å². The van der Waals surface area contributed by atoms with Crippen LogP contribution in [0.15, 0.2) is 29.4 Å². The average Bonchev–Trinajstić information content (AvgIpc) is 2.42. The fraction of sp³-hybridized carbons (Fsp3) is 0.417. The lowest BCUT2D eigenvalue weighted by Crippen LogP contribution is -2.33. The predicted octanol–water partition coefficient (Wildman–Crippen LogP) is 2.09. The zero-order valence-corrected chi connectivity index (χ0v) is 9.49. The highest BCUT2D eigenvalue weighted by atomic mass is 15.5. The fourth-order valence-corrected chi connectivity index (χ4v) is 1.75. The van der Waals surface area contributed by atoms with Crippen molar-refractivity contribution in [3.05, 3.63) is 29.8 Å². The largest absolute Gasteiger partial charge is 0.399 e. The molecule has 0 saturated heterocycles. The van der Waals surface area contributed by atoms with E-state index in [1.807, 2.05) is 30.3 Å². The Kier molecular flexibility index (Phi) is 2.18. The summed E-state index contributed by atoms with van der Waals surface area (Å²) in [5.41, 5.74) is 8.92. The number of nitrogen functional groups attached to an aromatic ring is 1. The van der Waals surface area contributed by atoms with Crippen molar-refractivity contribution in [3.63, 3.8) is 0 Å². The molecule has 0 spiro atoms. The highest BCUT2D eigenvalue weighted by Gasteiger charge is 2.31. The topological polar surface area (TPSA) is 41.6 Å². The van der Waals surface area contributed by atoms with Gasteiger partial charge in [-0.1, -0.05) is 12.1 Å². The summed E-state index contributed by atoms with van der Waals surface area (Å²) in [7, 11) is 2.01. The molecule has 0 atom stereocenters. The van der Waals surface area contributed by atoms with Gasteiger partial charge in [0.15, 0.2) is 0 Å². The van der Waals surface area contributed by atoms with E-state index in [2.05, 4.69) is 25.0 Å². The predicted molar refractivity (Wildman–Crippen MR) is 63.9 cm³/mol. The summed E-state index contributed by atoms with van der Waals surface area (Å²) in [5, 5.41) is 6.57. The van der Waals surface area contributed by atoms with Crippen LogP contribution < -0.4 is 5.73 Å². The summed E-state index contributed by atoms with van der Waals surface area (Å²) in [6.07, 6.45) is 0.965. The Morgan fingerprint density at radius 1 is 1.40 bits per heavy atom. The lowest BCUT2D eigenvalue weighted by molar-refractivity contribution is 0.194. The van der Waals surface area contributed by atoms with Gasteiger partial charge >= 0.3 is 0 Å². The summed E-state index contributed by atoms with van der Waals surface area (Å²) in [6.45, 7) is 4.38. The molecule has 1 aliphatic rings. The summed E-state index contributed by atoms with van der Waals surface area (Å²) in [5.74, 6) is 0. The Labute approximate surface area is 90.6 Å². The van der Waals surface area contributed by atoms with Crippen LogP contribution in [-0.2, 0) is 0 Å². The van der Waals surface area contributed by atoms with Crippen molar-refractivity contribution < 1.29 is 0 Å². The highest BCUT2D eigenvalue weighted by molar-refractivity contribution is 6.02. The summed E-state index contributed by atoms with van der Waals surface area (Å²) < 4.78 is 0. The number of hydrogen-bond acceptors (Lipinski definition) is 3. The standard InChI is InChI=1S/C12H17N3/c1-12(2)8-11(14-15(12)3)9-5-4-6-10(13)7-9/h4-7H,8,13H2,1-3H3. The molecular weight excluding hydrogens is 186 g/mol.